The van der Waals surface area contributed by atoms with Crippen LogP contribution >= 0.6 is 0 Å². The summed E-state index contributed by atoms with van der Waals surface area (Å²) in [6, 6.07) is 0. The number of allylic oxidation sites excluding steroid dienone is 5. The van der Waals surface area contributed by atoms with Crippen molar-refractivity contribution < 1.29 is 72.3 Å². The number of aliphatic hydroxyl groups is 3. The number of ether oxygens (including phenoxy) is 10. The van der Waals surface area contributed by atoms with E-state index < -0.39 is 121 Å². The second kappa shape index (κ2) is 19.5. The summed E-state index contributed by atoms with van der Waals surface area (Å²) in [6.07, 6.45) is -0.308. The van der Waals surface area contributed by atoms with Gasteiger partial charge in [0.15, 0.2) is 18.4 Å². The van der Waals surface area contributed by atoms with Gasteiger partial charge in [0.05, 0.1) is 43.5 Å². The van der Waals surface area contributed by atoms with Gasteiger partial charge in [-0.15, -0.1) is 0 Å². The molecule has 0 aromatic carbocycles. The fourth-order valence-electron chi connectivity index (χ4n) is 8.48. The maximum Gasteiger partial charge on any atom is 0.309 e. The summed E-state index contributed by atoms with van der Waals surface area (Å²) in [7, 11) is 4.34. The minimum Gasteiger partial charge on any atom is -0.457 e. The highest BCUT2D eigenvalue weighted by Crippen LogP contribution is 2.46. The van der Waals surface area contributed by atoms with Crippen LogP contribution in [0.15, 0.2) is 36.5 Å². The lowest BCUT2D eigenvalue weighted by atomic mass is 9.77. The standard InChI is InChI=1S/C42H66O15/c1-22(2)15-13-11-12-14-16-31-41(6,7)32-17-23(3)42(47,57-32)30(44)19-26-18-28(24(4)29(53-26)20-33(45)55-31)54-39-37(49-9)35(27(43)21-51-39)56-40-38(50-10)36(48-8)34(46)25(5)52-40/h11-16,22-29,31-32,34-40,43,46-47H,17-21H2,1-10H3/b12-11+,15-13+,16-14+/t23-,24-,25+,26+,27-,28+,29+,31-,32-,34-,35+,36-,37-,38+,39+,40+,42-/m1/s1. The Morgan fingerprint density at radius 1 is 0.825 bits per heavy atom. The highest BCUT2D eigenvalue weighted by atomic mass is 16.7. The molecule has 5 rings (SSSR count). The van der Waals surface area contributed by atoms with Crippen LogP contribution in [0.3, 0.4) is 0 Å². The molecule has 0 unspecified atom stereocenters. The van der Waals surface area contributed by atoms with Gasteiger partial charge in [-0.3, -0.25) is 9.59 Å². The molecule has 15 heteroatoms. The molecule has 15 nitrogen and oxygen atoms in total. The van der Waals surface area contributed by atoms with Crippen molar-refractivity contribution in [3.63, 3.8) is 0 Å². The zero-order valence-corrected chi connectivity index (χ0v) is 35.1. The Morgan fingerprint density at radius 2 is 1.49 bits per heavy atom. The Morgan fingerprint density at radius 3 is 2.16 bits per heavy atom. The Bertz CT molecular complexity index is 1430. The van der Waals surface area contributed by atoms with Gasteiger partial charge in [0.2, 0.25) is 5.79 Å². The van der Waals surface area contributed by atoms with E-state index in [4.69, 9.17) is 47.4 Å². The van der Waals surface area contributed by atoms with E-state index in [0.29, 0.717) is 12.3 Å². The number of Topliss-reactive ketones (excluding diaryl/α,β-unsaturated/α-hetero) is 1. The zero-order chi connectivity index (χ0) is 41.8. The monoisotopic (exact) mass is 810 g/mol. The van der Waals surface area contributed by atoms with Gasteiger partial charge < -0.3 is 62.7 Å². The largest absolute Gasteiger partial charge is 0.457 e. The molecule has 0 amide bonds. The van der Waals surface area contributed by atoms with Crippen molar-refractivity contribution in [2.45, 2.75) is 166 Å². The molecule has 5 heterocycles. The van der Waals surface area contributed by atoms with Crippen molar-refractivity contribution in [2.24, 2.45) is 23.2 Å². The molecule has 0 aliphatic carbocycles. The fraction of sp³-hybridized carbons (Fsp3) is 0.810. The maximum atomic E-state index is 14.0. The fourth-order valence-corrected chi connectivity index (χ4v) is 8.48. The Balaban J connectivity index is 1.38. The van der Waals surface area contributed by atoms with Crippen LogP contribution in [-0.2, 0) is 57.0 Å². The molecule has 0 saturated carbocycles. The second-order valence-electron chi connectivity index (χ2n) is 17.1. The maximum absolute atomic E-state index is 14.0. The van der Waals surface area contributed by atoms with Gasteiger partial charge in [0, 0.05) is 51.4 Å². The number of hydrogen-bond donors (Lipinski definition) is 3. The van der Waals surface area contributed by atoms with Gasteiger partial charge in [-0.1, -0.05) is 71.9 Å². The van der Waals surface area contributed by atoms with Crippen LogP contribution in [0.1, 0.15) is 74.1 Å². The molecule has 17 atom stereocenters. The number of carbonyl (C=O) groups is 2. The molecule has 0 radical (unpaired) electrons. The number of fused-ring (bicyclic) bond motifs is 4. The van der Waals surface area contributed by atoms with E-state index >= 15 is 0 Å². The van der Waals surface area contributed by atoms with E-state index in [1.807, 2.05) is 45.1 Å². The summed E-state index contributed by atoms with van der Waals surface area (Å²) in [5.41, 5.74) is -0.820. The Hall–Kier alpha value is -2.12. The predicted octanol–water partition coefficient (Wildman–Crippen LogP) is 3.16. The number of ketones is 1. The Labute approximate surface area is 336 Å². The van der Waals surface area contributed by atoms with E-state index in [-0.39, 0.29) is 25.9 Å². The van der Waals surface area contributed by atoms with Crippen LogP contribution in [0, 0.1) is 23.2 Å². The van der Waals surface area contributed by atoms with Gasteiger partial charge >= 0.3 is 5.97 Å². The molecule has 0 aromatic rings. The van der Waals surface area contributed by atoms with Gasteiger partial charge in [0.1, 0.15) is 42.7 Å². The van der Waals surface area contributed by atoms with Crippen LogP contribution in [0.5, 0.6) is 0 Å². The lowest BCUT2D eigenvalue weighted by Gasteiger charge is -2.47. The first-order valence-corrected chi connectivity index (χ1v) is 20.3. The van der Waals surface area contributed by atoms with E-state index in [0.717, 1.165) is 0 Å². The number of esters is 1. The molecule has 324 valence electrons. The SMILES string of the molecule is CO[C@@H]1[C@H](O[C@@H]2[C@@H](OC)[C@H](O[C@H]3C[C@H]4CC(=O)[C@]5(O)O[C@H](C[C@H]5C)C(C)(C)[C@@H](/C=C/C=C/C=C/C(C)C)OC(=O)C[C@H](O4)[C@@H]3C)OC[C@H]2O)O[C@@H](C)[C@@H](O)[C@H]1OC. The quantitative estimate of drug-likeness (QED) is 0.204. The first-order chi connectivity index (χ1) is 26.9. The topological polar surface area (TPSA) is 187 Å². The molecular weight excluding hydrogens is 744 g/mol. The summed E-state index contributed by atoms with van der Waals surface area (Å²) in [4.78, 5) is 27.8. The third kappa shape index (κ3) is 10.3. The number of rotatable bonds is 11. The van der Waals surface area contributed by atoms with E-state index in [1.54, 1.807) is 19.9 Å². The van der Waals surface area contributed by atoms with Crippen LogP contribution in [-0.4, -0.2) is 147 Å². The second-order valence-corrected chi connectivity index (χ2v) is 17.1. The van der Waals surface area contributed by atoms with Crippen LogP contribution in [0.25, 0.3) is 0 Å². The van der Waals surface area contributed by atoms with E-state index in [1.165, 1.54) is 21.3 Å². The molecule has 4 bridgehead atoms. The van der Waals surface area contributed by atoms with Crippen molar-refractivity contribution in [3.05, 3.63) is 36.5 Å². The highest BCUT2D eigenvalue weighted by molar-refractivity contribution is 5.86. The van der Waals surface area contributed by atoms with Crippen molar-refractivity contribution in [2.75, 3.05) is 27.9 Å². The minimum absolute atomic E-state index is 0.128. The molecule has 0 aromatic heterocycles. The summed E-state index contributed by atoms with van der Waals surface area (Å²) in [6.45, 7) is 13.2. The third-order valence-electron chi connectivity index (χ3n) is 12.3. The van der Waals surface area contributed by atoms with E-state index in [2.05, 4.69) is 19.9 Å². The zero-order valence-electron chi connectivity index (χ0n) is 35.1. The molecule has 5 aliphatic rings. The van der Waals surface area contributed by atoms with Crippen LogP contribution < -0.4 is 0 Å². The number of cyclic esters (lactones) is 1. The number of aliphatic hydroxyl groups excluding tert-OH is 2. The van der Waals surface area contributed by atoms with Crippen molar-refractivity contribution in [3.8, 4) is 0 Å². The van der Waals surface area contributed by atoms with Crippen LogP contribution in [0.2, 0.25) is 0 Å². The number of methoxy groups -OCH3 is 3. The summed E-state index contributed by atoms with van der Waals surface area (Å²) in [5, 5.41) is 33.6. The average Bonchev–Trinajstić information content (AvgIpc) is 3.48. The molecule has 57 heavy (non-hydrogen) atoms. The summed E-state index contributed by atoms with van der Waals surface area (Å²) in [5.74, 6) is -3.63. The van der Waals surface area contributed by atoms with Gasteiger partial charge in [-0.25, -0.2) is 0 Å². The lowest BCUT2D eigenvalue weighted by Crippen LogP contribution is -2.63. The van der Waals surface area contributed by atoms with Crippen molar-refractivity contribution in [1.82, 2.24) is 0 Å². The smallest absolute Gasteiger partial charge is 0.309 e. The first-order valence-electron chi connectivity index (χ1n) is 20.3. The normalized spacial score (nSPS) is 44.7. The average molecular weight is 811 g/mol. The third-order valence-corrected chi connectivity index (χ3v) is 12.3. The van der Waals surface area contributed by atoms with Gasteiger partial charge in [0.25, 0.3) is 0 Å². The summed E-state index contributed by atoms with van der Waals surface area (Å²) >= 11 is 0. The Kier molecular flexibility index (Phi) is 15.7. The first kappa shape index (κ1) is 46.0. The predicted molar refractivity (Wildman–Crippen MR) is 204 cm³/mol. The highest BCUT2D eigenvalue weighted by Gasteiger charge is 2.57. The molecule has 0 spiro atoms. The molecule has 5 saturated heterocycles. The van der Waals surface area contributed by atoms with Crippen LogP contribution in [0.4, 0.5) is 0 Å². The van der Waals surface area contributed by atoms with Gasteiger partial charge in [-0.05, 0) is 25.3 Å². The summed E-state index contributed by atoms with van der Waals surface area (Å²) < 4.78 is 60.8. The van der Waals surface area contributed by atoms with Gasteiger partial charge in [-0.2, -0.15) is 0 Å². The van der Waals surface area contributed by atoms with Crippen molar-refractivity contribution in [1.29, 1.82) is 0 Å². The molecular formula is C42H66O15. The van der Waals surface area contributed by atoms with Crippen molar-refractivity contribution >= 4 is 11.8 Å². The lowest BCUT2D eigenvalue weighted by molar-refractivity contribution is -0.357. The van der Waals surface area contributed by atoms with E-state index in [9.17, 15) is 24.9 Å². The number of hydrogen-bond acceptors (Lipinski definition) is 15. The molecule has 5 aliphatic heterocycles. The molecule has 5 fully saturated rings. The number of carbonyl (C=O) groups excluding carboxylic acids is 2. The minimum atomic E-state index is -2.07. The molecule has 3 N–H and O–H groups in total.